The Morgan fingerprint density at radius 2 is 2.14 bits per heavy atom. The Labute approximate surface area is 166 Å². The minimum absolute atomic E-state index is 0.0815. The molecular formula is C21H21N3O3S. The summed E-state index contributed by atoms with van der Waals surface area (Å²) in [5.74, 6) is -0.697. The first kappa shape index (κ1) is 18.6. The lowest BCUT2D eigenvalue weighted by atomic mass is 9.89. The van der Waals surface area contributed by atoms with E-state index in [1.807, 2.05) is 12.1 Å². The number of thiazole rings is 1. The fraction of sp³-hybridized carbons (Fsp3) is 0.286. The van der Waals surface area contributed by atoms with Crippen LogP contribution in [-0.2, 0) is 16.1 Å². The van der Waals surface area contributed by atoms with E-state index in [-0.39, 0.29) is 17.8 Å². The van der Waals surface area contributed by atoms with Gasteiger partial charge in [0.25, 0.3) is 0 Å². The van der Waals surface area contributed by atoms with Crippen LogP contribution in [-0.4, -0.2) is 30.0 Å². The second-order valence-corrected chi connectivity index (χ2v) is 7.83. The first-order chi connectivity index (χ1) is 13.5. The number of fused-ring (bicyclic) bond motifs is 2. The number of nitrogens with one attached hydrogen (secondary N) is 2. The number of amides is 1. The number of hydrogen-bond donors (Lipinski definition) is 2. The Morgan fingerprint density at radius 3 is 2.96 bits per heavy atom. The van der Waals surface area contributed by atoms with Gasteiger partial charge < -0.3 is 15.4 Å². The molecule has 1 amide bonds. The van der Waals surface area contributed by atoms with E-state index in [1.165, 1.54) is 16.9 Å². The number of rotatable bonds is 4. The zero-order valence-electron chi connectivity index (χ0n) is 15.7. The van der Waals surface area contributed by atoms with Gasteiger partial charge in [-0.2, -0.15) is 0 Å². The van der Waals surface area contributed by atoms with Crippen LogP contribution in [0.25, 0.3) is 10.2 Å². The number of ether oxygens (including phenoxy) is 1. The zero-order valence-corrected chi connectivity index (χ0v) is 16.6. The topological polar surface area (TPSA) is 80.3 Å². The number of esters is 1. The third-order valence-electron chi connectivity index (χ3n) is 4.78. The molecule has 1 unspecified atom stereocenters. The Bertz CT molecular complexity index is 1060. The van der Waals surface area contributed by atoms with Gasteiger partial charge in [0, 0.05) is 13.1 Å². The van der Waals surface area contributed by atoms with E-state index in [1.54, 1.807) is 25.1 Å². The lowest BCUT2D eigenvalue weighted by molar-refractivity contribution is -0.117. The molecule has 7 heteroatoms. The molecule has 1 aliphatic rings. The fourth-order valence-corrected chi connectivity index (χ4v) is 4.34. The Morgan fingerprint density at radius 1 is 1.29 bits per heavy atom. The second-order valence-electron chi connectivity index (χ2n) is 6.80. The van der Waals surface area contributed by atoms with Crippen molar-refractivity contribution in [3.63, 3.8) is 0 Å². The van der Waals surface area contributed by atoms with Crippen molar-refractivity contribution in [3.8, 4) is 0 Å². The van der Waals surface area contributed by atoms with E-state index in [4.69, 9.17) is 4.74 Å². The Hall–Kier alpha value is -2.77. The quantitative estimate of drug-likeness (QED) is 0.660. The van der Waals surface area contributed by atoms with Gasteiger partial charge in [-0.25, -0.2) is 9.78 Å². The third kappa shape index (κ3) is 3.63. The predicted molar refractivity (Wildman–Crippen MR) is 110 cm³/mol. The normalized spacial score (nSPS) is 15.9. The van der Waals surface area contributed by atoms with Crippen molar-refractivity contribution < 1.29 is 14.3 Å². The van der Waals surface area contributed by atoms with Crippen LogP contribution in [0.4, 0.5) is 5.13 Å². The molecule has 3 aromatic rings. The summed E-state index contributed by atoms with van der Waals surface area (Å²) in [4.78, 5) is 29.3. The summed E-state index contributed by atoms with van der Waals surface area (Å²) >= 11 is 1.35. The third-order valence-corrected chi connectivity index (χ3v) is 5.72. The average molecular weight is 395 g/mol. The smallest absolute Gasteiger partial charge is 0.338 e. The first-order valence-electron chi connectivity index (χ1n) is 9.24. The molecule has 0 saturated heterocycles. The summed E-state index contributed by atoms with van der Waals surface area (Å²) in [7, 11) is 0. The van der Waals surface area contributed by atoms with Crippen molar-refractivity contribution in [1.82, 2.24) is 10.3 Å². The standard InChI is InChI=1S/C21H21N3O3S/c1-3-27-20(26)13-5-7-17-18(9-13)28-21(23-17)24-19(25)16-11-22-10-14-8-12(2)4-6-15(14)16/h4-9,16,22H,3,10-11H2,1-2H3,(H,23,24,25). The number of hydrogen-bond acceptors (Lipinski definition) is 6. The van der Waals surface area contributed by atoms with Crippen molar-refractivity contribution in [2.24, 2.45) is 0 Å². The van der Waals surface area contributed by atoms with Crippen molar-refractivity contribution in [2.75, 3.05) is 18.5 Å². The summed E-state index contributed by atoms with van der Waals surface area (Å²) in [6.07, 6.45) is 0. The molecule has 144 valence electrons. The lowest BCUT2D eigenvalue weighted by Crippen LogP contribution is -2.35. The maximum atomic E-state index is 12.9. The lowest BCUT2D eigenvalue weighted by Gasteiger charge is -2.25. The Balaban J connectivity index is 1.55. The van der Waals surface area contributed by atoms with E-state index >= 15 is 0 Å². The monoisotopic (exact) mass is 395 g/mol. The maximum Gasteiger partial charge on any atom is 0.338 e. The van der Waals surface area contributed by atoms with Crippen LogP contribution < -0.4 is 10.6 Å². The van der Waals surface area contributed by atoms with Crippen LogP contribution in [0, 0.1) is 6.92 Å². The molecule has 4 rings (SSSR count). The van der Waals surface area contributed by atoms with Crippen LogP contribution in [0.3, 0.4) is 0 Å². The highest BCUT2D eigenvalue weighted by atomic mass is 32.1. The summed E-state index contributed by atoms with van der Waals surface area (Å²) < 4.78 is 5.87. The minimum atomic E-state index is -0.358. The number of carbonyl (C=O) groups is 2. The van der Waals surface area contributed by atoms with Gasteiger partial charge in [0.2, 0.25) is 5.91 Å². The molecular weight excluding hydrogens is 374 g/mol. The summed E-state index contributed by atoms with van der Waals surface area (Å²) in [5.41, 5.74) is 4.63. The molecule has 2 heterocycles. The summed E-state index contributed by atoms with van der Waals surface area (Å²) in [6.45, 7) is 5.53. The Kier molecular flexibility index (Phi) is 5.11. The van der Waals surface area contributed by atoms with Crippen molar-refractivity contribution in [2.45, 2.75) is 26.3 Å². The molecule has 0 saturated carbocycles. The van der Waals surface area contributed by atoms with E-state index in [0.717, 1.165) is 27.9 Å². The van der Waals surface area contributed by atoms with Crippen molar-refractivity contribution in [3.05, 3.63) is 58.7 Å². The number of aromatic nitrogens is 1. The van der Waals surface area contributed by atoms with Crippen LogP contribution in [0.2, 0.25) is 0 Å². The van der Waals surface area contributed by atoms with Crippen LogP contribution >= 0.6 is 11.3 Å². The number of anilines is 1. The second kappa shape index (κ2) is 7.69. The van der Waals surface area contributed by atoms with Crippen LogP contribution in [0.15, 0.2) is 36.4 Å². The minimum Gasteiger partial charge on any atom is -0.462 e. The van der Waals surface area contributed by atoms with Crippen LogP contribution in [0.5, 0.6) is 0 Å². The largest absolute Gasteiger partial charge is 0.462 e. The molecule has 1 aromatic heterocycles. The number of nitrogens with zero attached hydrogens (tertiary/aromatic N) is 1. The van der Waals surface area contributed by atoms with Crippen molar-refractivity contribution in [1.29, 1.82) is 0 Å². The fourth-order valence-electron chi connectivity index (χ4n) is 3.43. The van der Waals surface area contributed by atoms with Gasteiger partial charge >= 0.3 is 5.97 Å². The summed E-state index contributed by atoms with van der Waals surface area (Å²) in [6, 6.07) is 11.4. The molecule has 0 aliphatic carbocycles. The highest BCUT2D eigenvalue weighted by Crippen LogP contribution is 2.30. The molecule has 6 nitrogen and oxygen atoms in total. The highest BCUT2D eigenvalue weighted by molar-refractivity contribution is 7.22. The molecule has 0 bridgehead atoms. The molecule has 1 atom stereocenters. The van der Waals surface area contributed by atoms with E-state index < -0.39 is 0 Å². The SMILES string of the molecule is CCOC(=O)c1ccc2nc(NC(=O)C3CNCc4cc(C)ccc43)sc2c1. The van der Waals surface area contributed by atoms with E-state index in [2.05, 4.69) is 28.6 Å². The predicted octanol–water partition coefficient (Wildman–Crippen LogP) is 3.61. The molecule has 0 fully saturated rings. The van der Waals surface area contributed by atoms with Crippen molar-refractivity contribution >= 4 is 38.6 Å². The molecule has 2 N–H and O–H groups in total. The number of aryl methyl sites for hydroxylation is 1. The molecule has 2 aromatic carbocycles. The summed E-state index contributed by atoms with van der Waals surface area (Å²) in [5, 5.41) is 6.78. The van der Waals surface area contributed by atoms with Gasteiger partial charge in [0.1, 0.15) is 0 Å². The van der Waals surface area contributed by atoms with Gasteiger partial charge in [-0.1, -0.05) is 35.1 Å². The molecule has 0 radical (unpaired) electrons. The number of benzene rings is 2. The number of carbonyl (C=O) groups excluding carboxylic acids is 2. The maximum absolute atomic E-state index is 12.9. The van der Waals surface area contributed by atoms with E-state index in [9.17, 15) is 9.59 Å². The highest BCUT2D eigenvalue weighted by Gasteiger charge is 2.27. The van der Waals surface area contributed by atoms with Gasteiger partial charge in [-0.15, -0.1) is 0 Å². The van der Waals surface area contributed by atoms with Gasteiger partial charge in [-0.3, -0.25) is 4.79 Å². The molecule has 0 spiro atoms. The first-order valence-corrected chi connectivity index (χ1v) is 10.1. The van der Waals surface area contributed by atoms with Gasteiger partial charge in [0.15, 0.2) is 5.13 Å². The van der Waals surface area contributed by atoms with Crippen LogP contribution in [0.1, 0.15) is 39.9 Å². The van der Waals surface area contributed by atoms with E-state index in [0.29, 0.717) is 23.8 Å². The zero-order chi connectivity index (χ0) is 19.7. The molecule has 28 heavy (non-hydrogen) atoms. The van der Waals surface area contributed by atoms with Gasteiger partial charge in [-0.05, 0) is 43.2 Å². The van der Waals surface area contributed by atoms with Gasteiger partial charge in [0.05, 0.1) is 28.3 Å². The average Bonchev–Trinajstić information content (AvgIpc) is 3.08. The molecule has 1 aliphatic heterocycles.